The molecule has 1 fully saturated rings. The molecule has 18 heavy (non-hydrogen) atoms. The van der Waals surface area contributed by atoms with Crippen LogP contribution in [0.25, 0.3) is 0 Å². The fourth-order valence-electron chi connectivity index (χ4n) is 2.37. The van der Waals surface area contributed by atoms with Crippen molar-refractivity contribution in [1.29, 1.82) is 0 Å². The Morgan fingerprint density at radius 1 is 1.28 bits per heavy atom. The molecule has 4 heteroatoms. The van der Waals surface area contributed by atoms with E-state index in [1.807, 2.05) is 19.1 Å². The van der Waals surface area contributed by atoms with Crippen molar-refractivity contribution in [1.82, 2.24) is 0 Å². The normalized spacial score (nSPS) is 24.7. The van der Waals surface area contributed by atoms with Gasteiger partial charge in [0.1, 0.15) is 0 Å². The van der Waals surface area contributed by atoms with Crippen LogP contribution in [0.15, 0.2) is 18.2 Å². The molecule has 0 bridgehead atoms. The van der Waals surface area contributed by atoms with E-state index >= 15 is 0 Å². The molecule has 0 aliphatic heterocycles. The summed E-state index contributed by atoms with van der Waals surface area (Å²) in [4.78, 5) is 0. The summed E-state index contributed by atoms with van der Waals surface area (Å²) in [6, 6.07) is 5.61. The number of alkyl halides is 1. The maximum atomic E-state index is 6.42. The molecule has 2 rings (SSSR count). The number of halogens is 3. The Bertz CT molecular complexity index is 402. The zero-order valence-electron chi connectivity index (χ0n) is 10.3. The lowest BCUT2D eigenvalue weighted by Gasteiger charge is -2.36. The minimum Gasteiger partial charge on any atom is -0.378 e. The SMILES string of the molecule is CCOC1CC(CC(Cl)c2ccc(Cl)c(Cl)c2)C1. The molecular weight excluding hydrogens is 291 g/mol. The molecule has 0 spiro atoms. The Morgan fingerprint density at radius 3 is 2.61 bits per heavy atom. The minimum atomic E-state index is 0.00680. The van der Waals surface area contributed by atoms with Crippen LogP contribution in [0.3, 0.4) is 0 Å². The van der Waals surface area contributed by atoms with Crippen LogP contribution >= 0.6 is 34.8 Å². The highest BCUT2D eigenvalue weighted by atomic mass is 35.5. The molecule has 1 unspecified atom stereocenters. The predicted octanol–water partition coefficient (Wildman–Crippen LogP) is 5.48. The van der Waals surface area contributed by atoms with E-state index in [0.29, 0.717) is 22.1 Å². The quantitative estimate of drug-likeness (QED) is 0.655. The third kappa shape index (κ3) is 3.54. The van der Waals surface area contributed by atoms with Crippen molar-refractivity contribution < 1.29 is 4.74 Å². The van der Waals surface area contributed by atoms with Gasteiger partial charge >= 0.3 is 0 Å². The summed E-state index contributed by atoms with van der Waals surface area (Å²) < 4.78 is 5.55. The van der Waals surface area contributed by atoms with Gasteiger partial charge in [0.2, 0.25) is 0 Å². The lowest BCUT2D eigenvalue weighted by atomic mass is 9.78. The van der Waals surface area contributed by atoms with E-state index in [1.165, 1.54) is 0 Å². The van der Waals surface area contributed by atoms with Crippen LogP contribution in [-0.2, 0) is 4.74 Å². The first-order valence-electron chi connectivity index (χ1n) is 6.30. The zero-order chi connectivity index (χ0) is 13.1. The summed E-state index contributed by atoms with van der Waals surface area (Å²) in [5.74, 6) is 0.665. The molecule has 1 aromatic rings. The second kappa shape index (κ2) is 6.47. The molecule has 1 aromatic carbocycles. The minimum absolute atomic E-state index is 0.00680. The van der Waals surface area contributed by atoms with Gasteiger partial charge in [-0.15, -0.1) is 11.6 Å². The molecule has 1 aliphatic rings. The van der Waals surface area contributed by atoms with E-state index in [-0.39, 0.29) is 5.38 Å². The Morgan fingerprint density at radius 2 is 2.00 bits per heavy atom. The Kier molecular flexibility index (Phi) is 5.20. The van der Waals surface area contributed by atoms with Gasteiger partial charge in [0.05, 0.1) is 21.5 Å². The molecular formula is C14H17Cl3O. The monoisotopic (exact) mass is 306 g/mol. The molecule has 1 nitrogen and oxygen atoms in total. The molecule has 1 atom stereocenters. The van der Waals surface area contributed by atoms with Crippen LogP contribution in [0.5, 0.6) is 0 Å². The van der Waals surface area contributed by atoms with Crippen LogP contribution in [-0.4, -0.2) is 12.7 Å². The highest BCUT2D eigenvalue weighted by Crippen LogP contribution is 2.40. The fraction of sp³-hybridized carbons (Fsp3) is 0.571. The van der Waals surface area contributed by atoms with E-state index < -0.39 is 0 Å². The molecule has 0 saturated heterocycles. The lowest BCUT2D eigenvalue weighted by Crippen LogP contribution is -2.31. The number of hydrogen-bond donors (Lipinski definition) is 0. The van der Waals surface area contributed by atoms with Crippen molar-refractivity contribution in [2.24, 2.45) is 5.92 Å². The molecule has 0 N–H and O–H groups in total. The molecule has 100 valence electrons. The topological polar surface area (TPSA) is 9.23 Å². The van der Waals surface area contributed by atoms with Gasteiger partial charge in [0.15, 0.2) is 0 Å². The lowest BCUT2D eigenvalue weighted by molar-refractivity contribution is -0.0267. The summed E-state index contributed by atoms with van der Waals surface area (Å²) in [6.45, 7) is 2.84. The number of ether oxygens (including phenoxy) is 1. The average Bonchev–Trinajstić information content (AvgIpc) is 2.30. The summed E-state index contributed by atoms with van der Waals surface area (Å²) in [5.41, 5.74) is 1.05. The predicted molar refractivity (Wildman–Crippen MR) is 77.8 cm³/mol. The van der Waals surface area contributed by atoms with Crippen molar-refractivity contribution in [2.75, 3.05) is 6.61 Å². The highest BCUT2D eigenvalue weighted by molar-refractivity contribution is 6.42. The van der Waals surface area contributed by atoms with Crippen LogP contribution in [0.2, 0.25) is 10.0 Å². The molecule has 0 heterocycles. The first kappa shape index (κ1) is 14.5. The van der Waals surface area contributed by atoms with Crippen LogP contribution in [0.4, 0.5) is 0 Å². The third-order valence-electron chi connectivity index (χ3n) is 3.44. The fourth-order valence-corrected chi connectivity index (χ4v) is 3.07. The van der Waals surface area contributed by atoms with Crippen molar-refractivity contribution >= 4 is 34.8 Å². The van der Waals surface area contributed by atoms with Gasteiger partial charge in [-0.25, -0.2) is 0 Å². The molecule has 0 aromatic heterocycles. The number of benzene rings is 1. The summed E-state index contributed by atoms with van der Waals surface area (Å²) in [7, 11) is 0. The van der Waals surface area contributed by atoms with Gasteiger partial charge in [-0.3, -0.25) is 0 Å². The van der Waals surface area contributed by atoms with E-state index in [2.05, 4.69) is 0 Å². The van der Waals surface area contributed by atoms with Crippen LogP contribution < -0.4 is 0 Å². The van der Waals surface area contributed by atoms with E-state index in [0.717, 1.165) is 31.4 Å². The first-order valence-corrected chi connectivity index (χ1v) is 7.50. The van der Waals surface area contributed by atoms with Gasteiger partial charge in [0, 0.05) is 6.61 Å². The van der Waals surface area contributed by atoms with E-state index in [1.54, 1.807) is 6.07 Å². The molecule has 1 aliphatic carbocycles. The number of rotatable bonds is 5. The van der Waals surface area contributed by atoms with Gasteiger partial charge in [0.25, 0.3) is 0 Å². The molecule has 0 amide bonds. The van der Waals surface area contributed by atoms with Crippen LogP contribution in [0.1, 0.15) is 37.1 Å². The van der Waals surface area contributed by atoms with Crippen molar-refractivity contribution in [3.8, 4) is 0 Å². The summed E-state index contributed by atoms with van der Waals surface area (Å²) in [6.07, 6.45) is 3.66. The van der Waals surface area contributed by atoms with Crippen molar-refractivity contribution in [3.63, 3.8) is 0 Å². The van der Waals surface area contributed by atoms with Gasteiger partial charge in [-0.05, 0) is 49.8 Å². The van der Waals surface area contributed by atoms with Crippen LogP contribution in [0, 0.1) is 5.92 Å². The maximum absolute atomic E-state index is 6.42. The van der Waals surface area contributed by atoms with Gasteiger partial charge in [-0.1, -0.05) is 29.3 Å². The highest BCUT2D eigenvalue weighted by Gasteiger charge is 2.31. The third-order valence-corrected chi connectivity index (χ3v) is 4.61. The molecule has 1 saturated carbocycles. The first-order chi connectivity index (χ1) is 8.60. The maximum Gasteiger partial charge on any atom is 0.0595 e. The Hall–Kier alpha value is 0.0500. The van der Waals surface area contributed by atoms with E-state index in [9.17, 15) is 0 Å². The van der Waals surface area contributed by atoms with Crippen molar-refractivity contribution in [3.05, 3.63) is 33.8 Å². The number of hydrogen-bond acceptors (Lipinski definition) is 1. The second-order valence-corrected chi connectivity index (χ2v) is 6.13. The van der Waals surface area contributed by atoms with Crippen molar-refractivity contribution in [2.45, 2.75) is 37.7 Å². The van der Waals surface area contributed by atoms with Gasteiger partial charge in [-0.2, -0.15) is 0 Å². The Balaban J connectivity index is 1.85. The average molecular weight is 308 g/mol. The Labute approximate surface area is 123 Å². The summed E-state index contributed by atoms with van der Waals surface area (Å²) in [5, 5.41) is 1.15. The van der Waals surface area contributed by atoms with Gasteiger partial charge < -0.3 is 4.74 Å². The smallest absolute Gasteiger partial charge is 0.0595 e. The zero-order valence-corrected chi connectivity index (χ0v) is 12.6. The molecule has 0 radical (unpaired) electrons. The van der Waals surface area contributed by atoms with E-state index in [4.69, 9.17) is 39.5 Å². The largest absolute Gasteiger partial charge is 0.378 e. The summed E-state index contributed by atoms with van der Waals surface area (Å²) >= 11 is 18.3. The standard InChI is InChI=1S/C14H17Cl3O/c1-2-18-11-5-9(6-11)7-13(16)10-3-4-12(15)14(17)8-10/h3-4,8-9,11,13H,2,5-7H2,1H3. The second-order valence-electron chi connectivity index (χ2n) is 4.79.